The highest BCUT2D eigenvalue weighted by molar-refractivity contribution is 5.38. The summed E-state index contributed by atoms with van der Waals surface area (Å²) in [5.74, 6) is -0.358. The lowest BCUT2D eigenvalue weighted by Crippen LogP contribution is -2.45. The van der Waals surface area contributed by atoms with E-state index in [1.54, 1.807) is 6.07 Å². The van der Waals surface area contributed by atoms with Crippen LogP contribution in [-0.4, -0.2) is 31.1 Å². The van der Waals surface area contributed by atoms with E-state index in [0.29, 0.717) is 12.2 Å². The van der Waals surface area contributed by atoms with E-state index in [9.17, 15) is 8.78 Å². The Labute approximate surface area is 169 Å². The molecule has 1 fully saturated rings. The van der Waals surface area contributed by atoms with Gasteiger partial charge in [0.1, 0.15) is 24.0 Å². The van der Waals surface area contributed by atoms with Crippen molar-refractivity contribution in [3.05, 3.63) is 101 Å². The SMILES string of the molecule is Fc1ccc(C(c2cccc(OCc3ccccc3)c2)N2CCNCC2)c(F)c1. The van der Waals surface area contributed by atoms with Crippen LogP contribution in [0.3, 0.4) is 0 Å². The molecule has 0 bridgehead atoms. The van der Waals surface area contributed by atoms with Gasteiger partial charge in [-0.3, -0.25) is 4.90 Å². The molecule has 0 spiro atoms. The molecule has 1 aliphatic heterocycles. The van der Waals surface area contributed by atoms with Gasteiger partial charge in [-0.2, -0.15) is 0 Å². The van der Waals surface area contributed by atoms with Gasteiger partial charge in [-0.15, -0.1) is 0 Å². The number of benzene rings is 3. The van der Waals surface area contributed by atoms with Crippen molar-refractivity contribution in [2.75, 3.05) is 26.2 Å². The fraction of sp³-hybridized carbons (Fsp3) is 0.250. The highest BCUT2D eigenvalue weighted by atomic mass is 19.1. The summed E-state index contributed by atoms with van der Waals surface area (Å²) >= 11 is 0. The first-order chi connectivity index (χ1) is 14.2. The summed E-state index contributed by atoms with van der Waals surface area (Å²) in [7, 11) is 0. The molecule has 0 amide bonds. The molecule has 0 radical (unpaired) electrons. The van der Waals surface area contributed by atoms with Gasteiger partial charge in [0.15, 0.2) is 0 Å². The van der Waals surface area contributed by atoms with Crippen molar-refractivity contribution in [3.63, 3.8) is 0 Å². The minimum atomic E-state index is -0.565. The van der Waals surface area contributed by atoms with E-state index in [1.807, 2.05) is 54.6 Å². The largest absolute Gasteiger partial charge is 0.489 e. The lowest BCUT2D eigenvalue weighted by atomic mass is 9.95. The van der Waals surface area contributed by atoms with Gasteiger partial charge in [0.05, 0.1) is 6.04 Å². The molecule has 1 N–H and O–H groups in total. The number of hydrogen-bond donors (Lipinski definition) is 1. The Hall–Kier alpha value is -2.76. The van der Waals surface area contributed by atoms with Crippen LogP contribution >= 0.6 is 0 Å². The van der Waals surface area contributed by atoms with Crippen LogP contribution in [0.5, 0.6) is 5.75 Å². The Morgan fingerprint density at radius 3 is 2.45 bits per heavy atom. The van der Waals surface area contributed by atoms with E-state index in [2.05, 4.69) is 10.2 Å². The second-order valence-corrected chi connectivity index (χ2v) is 7.20. The average molecular weight is 394 g/mol. The first-order valence-electron chi connectivity index (χ1n) is 9.87. The number of hydrogen-bond acceptors (Lipinski definition) is 3. The number of piperazine rings is 1. The highest BCUT2D eigenvalue weighted by Crippen LogP contribution is 2.33. The third kappa shape index (κ3) is 4.81. The van der Waals surface area contributed by atoms with Crippen molar-refractivity contribution in [2.24, 2.45) is 0 Å². The maximum Gasteiger partial charge on any atom is 0.131 e. The number of halogens is 2. The van der Waals surface area contributed by atoms with Crippen LogP contribution in [0.1, 0.15) is 22.7 Å². The van der Waals surface area contributed by atoms with Crippen LogP contribution in [0.25, 0.3) is 0 Å². The fourth-order valence-electron chi connectivity index (χ4n) is 3.77. The molecule has 1 atom stereocenters. The predicted molar refractivity (Wildman–Crippen MR) is 110 cm³/mol. The zero-order valence-corrected chi connectivity index (χ0v) is 16.2. The second-order valence-electron chi connectivity index (χ2n) is 7.20. The Morgan fingerprint density at radius 1 is 0.897 bits per heavy atom. The zero-order valence-electron chi connectivity index (χ0n) is 16.2. The van der Waals surface area contributed by atoms with Gasteiger partial charge in [0.25, 0.3) is 0 Å². The summed E-state index contributed by atoms with van der Waals surface area (Å²) in [6, 6.07) is 21.3. The topological polar surface area (TPSA) is 24.5 Å². The lowest BCUT2D eigenvalue weighted by Gasteiger charge is -2.35. The Kier molecular flexibility index (Phi) is 6.17. The summed E-state index contributed by atoms with van der Waals surface area (Å²) in [4.78, 5) is 2.23. The quantitative estimate of drug-likeness (QED) is 0.664. The molecule has 0 aromatic heterocycles. The van der Waals surface area contributed by atoms with Crippen molar-refractivity contribution in [2.45, 2.75) is 12.6 Å². The van der Waals surface area contributed by atoms with Crippen LogP contribution in [0.2, 0.25) is 0 Å². The van der Waals surface area contributed by atoms with Gasteiger partial charge in [-0.1, -0.05) is 48.5 Å². The summed E-state index contributed by atoms with van der Waals surface area (Å²) in [5, 5.41) is 3.33. The minimum absolute atomic E-state index is 0.294. The van der Waals surface area contributed by atoms with Crippen molar-refractivity contribution < 1.29 is 13.5 Å². The van der Waals surface area contributed by atoms with Crippen LogP contribution < -0.4 is 10.1 Å². The van der Waals surface area contributed by atoms with Gasteiger partial charge >= 0.3 is 0 Å². The number of nitrogens with zero attached hydrogens (tertiary/aromatic N) is 1. The average Bonchev–Trinajstić information content (AvgIpc) is 2.76. The third-order valence-corrected chi connectivity index (χ3v) is 5.20. The van der Waals surface area contributed by atoms with Gasteiger partial charge in [0, 0.05) is 37.8 Å². The zero-order chi connectivity index (χ0) is 20.1. The van der Waals surface area contributed by atoms with Crippen molar-refractivity contribution in [1.29, 1.82) is 0 Å². The highest BCUT2D eigenvalue weighted by Gasteiger charge is 2.26. The number of rotatable bonds is 6. The molecule has 0 aliphatic carbocycles. The molecule has 3 aromatic rings. The molecule has 0 saturated carbocycles. The molecular weight excluding hydrogens is 370 g/mol. The molecule has 3 aromatic carbocycles. The summed E-state index contributed by atoms with van der Waals surface area (Å²) < 4.78 is 34.2. The number of ether oxygens (including phenoxy) is 1. The van der Waals surface area contributed by atoms with E-state index in [0.717, 1.165) is 49.1 Å². The van der Waals surface area contributed by atoms with Crippen LogP contribution in [-0.2, 0) is 6.61 Å². The molecule has 4 rings (SSSR count). The number of nitrogens with one attached hydrogen (secondary N) is 1. The third-order valence-electron chi connectivity index (χ3n) is 5.20. The maximum atomic E-state index is 14.7. The smallest absolute Gasteiger partial charge is 0.131 e. The van der Waals surface area contributed by atoms with Gasteiger partial charge in [0.2, 0.25) is 0 Å². The summed E-state index contributed by atoms with van der Waals surface area (Å²) in [6.45, 7) is 3.72. The summed E-state index contributed by atoms with van der Waals surface area (Å²) in [6.07, 6.45) is 0. The van der Waals surface area contributed by atoms with Crippen molar-refractivity contribution in [1.82, 2.24) is 10.2 Å². The molecule has 1 saturated heterocycles. The molecule has 1 aliphatic rings. The molecule has 29 heavy (non-hydrogen) atoms. The van der Waals surface area contributed by atoms with Gasteiger partial charge in [-0.05, 0) is 29.3 Å². The first kappa shape index (κ1) is 19.6. The molecular formula is C24H24F2N2O. The summed E-state index contributed by atoms with van der Waals surface area (Å²) in [5.41, 5.74) is 2.50. The molecule has 3 nitrogen and oxygen atoms in total. The van der Waals surface area contributed by atoms with E-state index in [1.165, 1.54) is 6.07 Å². The molecule has 150 valence electrons. The van der Waals surface area contributed by atoms with E-state index >= 15 is 0 Å². The fourth-order valence-corrected chi connectivity index (χ4v) is 3.77. The van der Waals surface area contributed by atoms with E-state index < -0.39 is 11.6 Å². The van der Waals surface area contributed by atoms with Gasteiger partial charge in [-0.25, -0.2) is 8.78 Å². The normalized spacial score (nSPS) is 15.8. The lowest BCUT2D eigenvalue weighted by molar-refractivity contribution is 0.194. The minimum Gasteiger partial charge on any atom is -0.489 e. The van der Waals surface area contributed by atoms with Crippen LogP contribution in [0.4, 0.5) is 8.78 Å². The monoisotopic (exact) mass is 394 g/mol. The first-order valence-corrected chi connectivity index (χ1v) is 9.87. The van der Waals surface area contributed by atoms with E-state index in [4.69, 9.17) is 4.74 Å². The van der Waals surface area contributed by atoms with Gasteiger partial charge < -0.3 is 10.1 Å². The Balaban J connectivity index is 1.63. The maximum absolute atomic E-state index is 14.7. The molecule has 1 unspecified atom stereocenters. The standard InChI is InChI=1S/C24H24F2N2O/c25-20-9-10-22(23(26)16-20)24(28-13-11-27-12-14-28)19-7-4-8-21(15-19)29-17-18-5-2-1-3-6-18/h1-10,15-16,24,27H,11-14,17H2. The second kappa shape index (κ2) is 9.16. The molecule has 1 heterocycles. The van der Waals surface area contributed by atoms with Crippen LogP contribution in [0.15, 0.2) is 72.8 Å². The van der Waals surface area contributed by atoms with Crippen molar-refractivity contribution in [3.8, 4) is 5.75 Å². The predicted octanol–water partition coefficient (Wildman–Crippen LogP) is 4.54. The van der Waals surface area contributed by atoms with Crippen molar-refractivity contribution >= 4 is 0 Å². The Bertz CT molecular complexity index is 943. The Morgan fingerprint density at radius 2 is 1.69 bits per heavy atom. The van der Waals surface area contributed by atoms with E-state index in [-0.39, 0.29) is 6.04 Å². The molecule has 5 heteroatoms. The van der Waals surface area contributed by atoms with Crippen LogP contribution in [0, 0.1) is 11.6 Å².